The van der Waals surface area contributed by atoms with Crippen LogP contribution in [0.2, 0.25) is 0 Å². The van der Waals surface area contributed by atoms with Gasteiger partial charge < -0.3 is 20.3 Å². The van der Waals surface area contributed by atoms with Crippen molar-refractivity contribution in [3.8, 4) is 11.8 Å². The summed E-state index contributed by atoms with van der Waals surface area (Å²) in [4.78, 5) is 57.9. The van der Waals surface area contributed by atoms with Gasteiger partial charge in [-0.2, -0.15) is 18.4 Å². The summed E-state index contributed by atoms with van der Waals surface area (Å²) in [5.41, 5.74) is -0.290. The third-order valence-electron chi connectivity index (χ3n) is 11.1. The highest BCUT2D eigenvalue weighted by Gasteiger charge is 2.51. The SMILES string of the molecule is CCc1cc(N2C(=S)N(c3ccc(C#N)c(C(F)(F)F)c3)C(=O)C2(C)C)ccc1OCCN1CCN([C@H](C)C(=O)Nc2cccc(NC3CCC(=O)NC3=O)c2)[C@H](C)C1. The van der Waals surface area contributed by atoms with Crippen LogP contribution in [-0.2, 0) is 31.8 Å². The van der Waals surface area contributed by atoms with E-state index in [1.807, 2.05) is 26.0 Å². The molecule has 3 N–H and O–H groups in total. The van der Waals surface area contributed by atoms with Crippen LogP contribution in [0, 0.1) is 11.3 Å². The van der Waals surface area contributed by atoms with Crippen LogP contribution in [-0.4, -0.2) is 95.0 Å². The van der Waals surface area contributed by atoms with E-state index in [-0.39, 0.29) is 41.0 Å². The van der Waals surface area contributed by atoms with Crippen LogP contribution in [0.4, 0.5) is 35.9 Å². The second kappa shape index (κ2) is 17.3. The normalized spacial score (nSPS) is 20.6. The fourth-order valence-corrected chi connectivity index (χ4v) is 8.33. The molecule has 0 aliphatic carbocycles. The summed E-state index contributed by atoms with van der Waals surface area (Å²) in [6.45, 7) is 12.4. The summed E-state index contributed by atoms with van der Waals surface area (Å²) in [7, 11) is 0. The van der Waals surface area contributed by atoms with Gasteiger partial charge in [-0.1, -0.05) is 13.0 Å². The Labute approximate surface area is 346 Å². The van der Waals surface area contributed by atoms with Gasteiger partial charge in [0, 0.05) is 55.7 Å². The lowest BCUT2D eigenvalue weighted by molar-refractivity contribution is -0.138. The molecular formula is C42H47F3N8O5S. The molecule has 3 aliphatic heterocycles. The first-order valence-corrected chi connectivity index (χ1v) is 19.9. The molecule has 3 aromatic rings. The summed E-state index contributed by atoms with van der Waals surface area (Å²) in [5.74, 6) is -0.646. The summed E-state index contributed by atoms with van der Waals surface area (Å²) in [6.07, 6.45) is -3.54. The van der Waals surface area contributed by atoms with Crippen LogP contribution in [0.5, 0.6) is 5.75 Å². The van der Waals surface area contributed by atoms with Crippen LogP contribution in [0.25, 0.3) is 0 Å². The summed E-state index contributed by atoms with van der Waals surface area (Å²) in [5, 5.41) is 17.7. The first kappa shape index (κ1) is 43.0. The maximum atomic E-state index is 13.8. The molecular weight excluding hydrogens is 786 g/mol. The second-order valence-corrected chi connectivity index (χ2v) is 15.8. The van der Waals surface area contributed by atoms with E-state index in [2.05, 4.69) is 32.7 Å². The van der Waals surface area contributed by atoms with E-state index in [9.17, 15) is 37.6 Å². The Morgan fingerprint density at radius 3 is 2.47 bits per heavy atom. The molecule has 3 aromatic carbocycles. The van der Waals surface area contributed by atoms with Crippen molar-refractivity contribution in [2.24, 2.45) is 0 Å². The minimum absolute atomic E-state index is 0.0159. The number of hydrogen-bond donors (Lipinski definition) is 3. The Balaban J connectivity index is 1.03. The molecule has 3 heterocycles. The van der Waals surface area contributed by atoms with Gasteiger partial charge in [-0.3, -0.25) is 39.2 Å². The fraction of sp³-hybridized carbons (Fsp3) is 0.429. The first-order chi connectivity index (χ1) is 27.9. The van der Waals surface area contributed by atoms with E-state index in [0.29, 0.717) is 55.3 Å². The molecule has 13 nitrogen and oxygen atoms in total. The number of ether oxygens (including phenoxy) is 1. The predicted molar refractivity (Wildman–Crippen MR) is 221 cm³/mol. The van der Waals surface area contributed by atoms with Crippen molar-refractivity contribution >= 4 is 63.7 Å². The zero-order valence-electron chi connectivity index (χ0n) is 33.5. The standard InChI is InChI=1S/C42H47F3N8O5S/c1-6-27-20-32(53-40(59)52(39(57)41(53,4)5)31-11-10-28(23-46)33(22-31)42(43,44)45)12-14-35(27)58-19-18-50-16-17-51(25(2)24-50)26(3)37(55)48-30-9-7-8-29(21-30)47-34-13-15-36(54)49-38(34)56/h7-12,14,20-22,25-26,34,47H,6,13,15-19,24H2,1-5H3,(H,48,55)(H,49,54,56)/t25-,26-,34?/m1/s1. The molecule has 0 spiro atoms. The molecule has 6 rings (SSSR count). The van der Waals surface area contributed by atoms with E-state index < -0.39 is 40.8 Å². The molecule has 0 radical (unpaired) electrons. The fourth-order valence-electron chi connectivity index (χ4n) is 7.81. The molecule has 0 bridgehead atoms. The Morgan fingerprint density at radius 1 is 1.07 bits per heavy atom. The number of piperidine rings is 1. The minimum atomic E-state index is -4.80. The summed E-state index contributed by atoms with van der Waals surface area (Å²) < 4.78 is 47.6. The number of piperazine rings is 1. The number of carbonyl (C=O) groups excluding carboxylic acids is 4. The van der Waals surface area contributed by atoms with Crippen molar-refractivity contribution < 1.29 is 37.1 Å². The number of anilines is 4. The monoisotopic (exact) mass is 832 g/mol. The van der Waals surface area contributed by atoms with Gasteiger partial charge >= 0.3 is 6.18 Å². The molecule has 59 heavy (non-hydrogen) atoms. The summed E-state index contributed by atoms with van der Waals surface area (Å²) >= 11 is 5.72. The maximum Gasteiger partial charge on any atom is 0.417 e. The van der Waals surface area contributed by atoms with E-state index in [4.69, 9.17) is 17.0 Å². The van der Waals surface area contributed by atoms with Crippen molar-refractivity contribution in [3.63, 3.8) is 0 Å². The van der Waals surface area contributed by atoms with Crippen molar-refractivity contribution in [2.45, 2.75) is 83.7 Å². The van der Waals surface area contributed by atoms with Crippen LogP contribution in [0.3, 0.4) is 0 Å². The third kappa shape index (κ3) is 9.19. The molecule has 17 heteroatoms. The molecule has 3 atom stereocenters. The zero-order chi connectivity index (χ0) is 42.8. The average molecular weight is 833 g/mol. The Bertz CT molecular complexity index is 2190. The van der Waals surface area contributed by atoms with Crippen molar-refractivity contribution in [2.75, 3.05) is 53.2 Å². The highest BCUT2D eigenvalue weighted by molar-refractivity contribution is 7.81. The lowest BCUT2D eigenvalue weighted by atomic mass is 10.0. The Morgan fingerprint density at radius 2 is 1.80 bits per heavy atom. The number of nitrogens with one attached hydrogen (secondary N) is 3. The minimum Gasteiger partial charge on any atom is -0.492 e. The number of carbonyl (C=O) groups is 4. The summed E-state index contributed by atoms with van der Waals surface area (Å²) in [6, 6.07) is 16.4. The van der Waals surface area contributed by atoms with Crippen molar-refractivity contribution in [1.29, 1.82) is 5.26 Å². The number of thiocarbonyl (C=S) groups is 1. The zero-order valence-corrected chi connectivity index (χ0v) is 34.3. The van der Waals surface area contributed by atoms with Gasteiger partial charge in [0.15, 0.2) is 5.11 Å². The Kier molecular flexibility index (Phi) is 12.6. The molecule has 0 aromatic heterocycles. The number of benzene rings is 3. The van der Waals surface area contributed by atoms with Gasteiger partial charge in [0.25, 0.3) is 5.91 Å². The van der Waals surface area contributed by atoms with E-state index in [1.54, 1.807) is 55.1 Å². The van der Waals surface area contributed by atoms with Crippen molar-refractivity contribution in [1.82, 2.24) is 15.1 Å². The maximum absolute atomic E-state index is 13.8. The number of nitriles is 1. The van der Waals surface area contributed by atoms with Gasteiger partial charge in [-0.05, 0) is 113 Å². The molecule has 3 aliphatic rings. The van der Waals surface area contributed by atoms with Gasteiger partial charge in [0.1, 0.15) is 23.9 Å². The molecule has 312 valence electrons. The number of imide groups is 1. The lowest BCUT2D eigenvalue weighted by Crippen LogP contribution is -2.57. The topological polar surface area (TPSA) is 150 Å². The van der Waals surface area contributed by atoms with Gasteiger partial charge in [-0.25, -0.2) is 0 Å². The van der Waals surface area contributed by atoms with Crippen LogP contribution >= 0.6 is 12.2 Å². The van der Waals surface area contributed by atoms with E-state index in [0.717, 1.165) is 35.7 Å². The number of aryl methyl sites for hydroxylation is 1. The van der Waals surface area contributed by atoms with Gasteiger partial charge in [0.2, 0.25) is 17.7 Å². The number of amides is 4. The molecule has 3 saturated heterocycles. The molecule has 4 amide bonds. The quantitative estimate of drug-likeness (QED) is 0.153. The average Bonchev–Trinajstić information content (AvgIpc) is 3.37. The predicted octanol–water partition coefficient (Wildman–Crippen LogP) is 5.69. The smallest absolute Gasteiger partial charge is 0.417 e. The van der Waals surface area contributed by atoms with Gasteiger partial charge in [-0.15, -0.1) is 0 Å². The lowest BCUT2D eigenvalue weighted by Gasteiger charge is -2.42. The molecule has 0 saturated carbocycles. The van der Waals surface area contributed by atoms with Crippen LogP contribution < -0.4 is 30.5 Å². The van der Waals surface area contributed by atoms with Crippen LogP contribution in [0.1, 0.15) is 64.2 Å². The van der Waals surface area contributed by atoms with E-state index in [1.165, 1.54) is 6.07 Å². The second-order valence-electron chi connectivity index (χ2n) is 15.4. The molecule has 1 unspecified atom stereocenters. The highest BCUT2D eigenvalue weighted by Crippen LogP contribution is 2.40. The number of rotatable bonds is 12. The number of hydrogen-bond acceptors (Lipinski definition) is 10. The van der Waals surface area contributed by atoms with E-state index >= 15 is 0 Å². The Hall–Kier alpha value is -5.57. The van der Waals surface area contributed by atoms with Crippen molar-refractivity contribution in [3.05, 3.63) is 77.4 Å². The first-order valence-electron chi connectivity index (χ1n) is 19.5. The highest BCUT2D eigenvalue weighted by atomic mass is 32.1. The van der Waals surface area contributed by atoms with Gasteiger partial charge in [0.05, 0.1) is 28.9 Å². The number of halogens is 3. The third-order valence-corrected chi connectivity index (χ3v) is 11.4. The largest absolute Gasteiger partial charge is 0.492 e. The number of alkyl halides is 3. The number of nitrogens with zero attached hydrogens (tertiary/aromatic N) is 5. The van der Waals surface area contributed by atoms with Crippen LogP contribution in [0.15, 0.2) is 60.7 Å². The molecule has 3 fully saturated rings.